The third kappa shape index (κ3) is 4.57. The van der Waals surface area contributed by atoms with Crippen molar-refractivity contribution >= 4 is 12.1 Å². The van der Waals surface area contributed by atoms with Gasteiger partial charge in [-0.05, 0) is 19.4 Å². The Bertz CT molecular complexity index is 456. The van der Waals surface area contributed by atoms with E-state index in [0.29, 0.717) is 0 Å². The molecule has 0 saturated carbocycles. The first kappa shape index (κ1) is 16.0. The molecule has 0 fully saturated rings. The molecule has 1 amide bonds. The summed E-state index contributed by atoms with van der Waals surface area (Å²) in [7, 11) is 2.93. The quantitative estimate of drug-likeness (QED) is 0.777. The van der Waals surface area contributed by atoms with Gasteiger partial charge in [0.2, 0.25) is 0 Å². The number of carbonyl (C=O) groups is 2. The average molecular weight is 279 g/mol. The fourth-order valence-electron chi connectivity index (χ4n) is 1.83. The van der Waals surface area contributed by atoms with Crippen LogP contribution in [0.15, 0.2) is 30.3 Å². The molecule has 1 aromatic carbocycles. The Balaban J connectivity index is 2.49. The molecule has 5 heteroatoms. The van der Waals surface area contributed by atoms with Crippen molar-refractivity contribution in [3.63, 3.8) is 0 Å². The molecule has 20 heavy (non-hydrogen) atoms. The summed E-state index contributed by atoms with van der Waals surface area (Å²) in [5.41, 5.74) is 0.149. The Kier molecular flexibility index (Phi) is 5.55. The van der Waals surface area contributed by atoms with Crippen molar-refractivity contribution in [3.05, 3.63) is 35.9 Å². The van der Waals surface area contributed by atoms with Crippen molar-refractivity contribution in [2.24, 2.45) is 5.41 Å². The Hall–Kier alpha value is -2.04. The average Bonchev–Trinajstić information content (AvgIpc) is 2.44. The summed E-state index contributed by atoms with van der Waals surface area (Å²) < 4.78 is 9.89. The van der Waals surface area contributed by atoms with Gasteiger partial charge in [0.15, 0.2) is 0 Å². The van der Waals surface area contributed by atoms with Gasteiger partial charge in [0.1, 0.15) is 6.61 Å². The maximum atomic E-state index is 11.9. The molecule has 1 aromatic rings. The molecule has 0 radical (unpaired) electrons. The van der Waals surface area contributed by atoms with Gasteiger partial charge < -0.3 is 14.4 Å². The maximum absolute atomic E-state index is 11.9. The summed E-state index contributed by atoms with van der Waals surface area (Å²) in [6.07, 6.45) is -0.467. The molecule has 0 aliphatic carbocycles. The first-order valence-corrected chi connectivity index (χ1v) is 6.37. The lowest BCUT2D eigenvalue weighted by Gasteiger charge is -2.27. The minimum absolute atomic E-state index is 0.211. The fraction of sp³-hybridized carbons (Fsp3) is 0.467. The molecule has 0 heterocycles. The lowest BCUT2D eigenvalue weighted by molar-refractivity contribution is -0.151. The van der Waals surface area contributed by atoms with Gasteiger partial charge >= 0.3 is 12.1 Å². The summed E-state index contributed by atoms with van der Waals surface area (Å²) in [5.74, 6) is -0.361. The molecular formula is C15H21NO4. The molecule has 0 unspecified atom stereocenters. The van der Waals surface area contributed by atoms with Crippen molar-refractivity contribution in [1.29, 1.82) is 0 Å². The van der Waals surface area contributed by atoms with Crippen LogP contribution in [0.1, 0.15) is 19.4 Å². The number of nitrogens with zero attached hydrogens (tertiary/aromatic N) is 1. The van der Waals surface area contributed by atoms with E-state index in [1.807, 2.05) is 30.3 Å². The minimum atomic E-state index is -0.769. The molecule has 0 atom stereocenters. The number of carbonyl (C=O) groups excluding carboxylic acids is 2. The number of esters is 1. The monoisotopic (exact) mass is 279 g/mol. The molecule has 1 rings (SSSR count). The maximum Gasteiger partial charge on any atom is 0.409 e. The molecule has 110 valence electrons. The zero-order chi connectivity index (χ0) is 15.2. The zero-order valence-corrected chi connectivity index (χ0v) is 12.4. The Morgan fingerprint density at radius 2 is 1.80 bits per heavy atom. The third-order valence-corrected chi connectivity index (χ3v) is 2.89. The van der Waals surface area contributed by atoms with Crippen LogP contribution in [-0.4, -0.2) is 37.7 Å². The summed E-state index contributed by atoms with van der Waals surface area (Å²) in [5, 5.41) is 0. The Labute approximate surface area is 119 Å². The topological polar surface area (TPSA) is 55.8 Å². The number of benzene rings is 1. The van der Waals surface area contributed by atoms with Crippen molar-refractivity contribution < 1.29 is 19.1 Å². The number of rotatable bonds is 5. The number of ether oxygens (including phenoxy) is 2. The second-order valence-electron chi connectivity index (χ2n) is 5.27. The van der Waals surface area contributed by atoms with Gasteiger partial charge in [-0.3, -0.25) is 4.79 Å². The predicted molar refractivity (Wildman–Crippen MR) is 75.1 cm³/mol. The molecule has 0 bridgehead atoms. The summed E-state index contributed by atoms with van der Waals surface area (Å²) in [6, 6.07) is 9.42. The van der Waals surface area contributed by atoms with Crippen LogP contribution in [0.25, 0.3) is 0 Å². The highest BCUT2D eigenvalue weighted by Gasteiger charge is 2.32. The van der Waals surface area contributed by atoms with Crippen LogP contribution in [-0.2, 0) is 20.9 Å². The summed E-state index contributed by atoms with van der Waals surface area (Å²) in [6.45, 7) is 3.88. The van der Waals surface area contributed by atoms with Crippen molar-refractivity contribution in [2.45, 2.75) is 20.5 Å². The number of amides is 1. The lowest BCUT2D eigenvalue weighted by Crippen LogP contribution is -2.41. The van der Waals surface area contributed by atoms with Crippen molar-refractivity contribution in [3.8, 4) is 0 Å². The van der Waals surface area contributed by atoms with E-state index in [1.54, 1.807) is 20.9 Å². The highest BCUT2D eigenvalue weighted by atomic mass is 16.6. The zero-order valence-electron chi connectivity index (χ0n) is 12.4. The van der Waals surface area contributed by atoms with Gasteiger partial charge in [0.05, 0.1) is 12.5 Å². The smallest absolute Gasteiger partial charge is 0.409 e. The molecule has 0 aromatic heterocycles. The van der Waals surface area contributed by atoms with Gasteiger partial charge in [-0.2, -0.15) is 0 Å². The van der Waals surface area contributed by atoms with Crippen molar-refractivity contribution in [2.75, 3.05) is 20.7 Å². The largest absolute Gasteiger partial charge is 0.469 e. The highest BCUT2D eigenvalue weighted by Crippen LogP contribution is 2.18. The number of methoxy groups -OCH3 is 1. The van der Waals surface area contributed by atoms with Crippen LogP contribution in [0.5, 0.6) is 0 Å². The molecule has 5 nitrogen and oxygen atoms in total. The van der Waals surface area contributed by atoms with E-state index in [0.717, 1.165) is 5.56 Å². The van der Waals surface area contributed by atoms with E-state index in [9.17, 15) is 9.59 Å². The summed E-state index contributed by atoms with van der Waals surface area (Å²) in [4.78, 5) is 24.8. The van der Waals surface area contributed by atoms with E-state index in [-0.39, 0.29) is 19.1 Å². The first-order valence-electron chi connectivity index (χ1n) is 6.37. The summed E-state index contributed by atoms with van der Waals surface area (Å²) >= 11 is 0. The molecule has 0 saturated heterocycles. The molecule has 0 spiro atoms. The van der Waals surface area contributed by atoms with E-state index in [1.165, 1.54) is 12.0 Å². The van der Waals surface area contributed by atoms with Gasteiger partial charge in [-0.15, -0.1) is 0 Å². The van der Waals surface area contributed by atoms with E-state index >= 15 is 0 Å². The first-order chi connectivity index (χ1) is 9.36. The normalized spacial score (nSPS) is 10.8. The molecule has 0 N–H and O–H groups in total. The fourth-order valence-corrected chi connectivity index (χ4v) is 1.83. The lowest BCUT2D eigenvalue weighted by atomic mass is 9.93. The second kappa shape index (κ2) is 6.93. The van der Waals surface area contributed by atoms with Crippen LogP contribution in [0.3, 0.4) is 0 Å². The standard InChI is InChI=1S/C15H21NO4/c1-15(2,13(17)19-4)11-16(3)14(18)20-10-12-8-6-5-7-9-12/h5-9H,10-11H2,1-4H3. The minimum Gasteiger partial charge on any atom is -0.469 e. The molecular weight excluding hydrogens is 258 g/mol. The van der Waals surface area contributed by atoms with Crippen LogP contribution < -0.4 is 0 Å². The molecule has 0 aliphatic rings. The van der Waals surface area contributed by atoms with Gasteiger partial charge in [0.25, 0.3) is 0 Å². The van der Waals surface area contributed by atoms with Crippen LogP contribution >= 0.6 is 0 Å². The number of hydrogen-bond acceptors (Lipinski definition) is 4. The third-order valence-electron chi connectivity index (χ3n) is 2.89. The van der Waals surface area contributed by atoms with Crippen molar-refractivity contribution in [1.82, 2.24) is 4.90 Å². The molecule has 0 aliphatic heterocycles. The predicted octanol–water partition coefficient (Wildman–Crippen LogP) is 2.45. The highest BCUT2D eigenvalue weighted by molar-refractivity contribution is 5.77. The second-order valence-corrected chi connectivity index (χ2v) is 5.27. The van der Waals surface area contributed by atoms with Gasteiger partial charge in [0, 0.05) is 13.6 Å². The van der Waals surface area contributed by atoms with Crippen LogP contribution in [0, 0.1) is 5.41 Å². The van der Waals surface area contributed by atoms with Gasteiger partial charge in [-0.1, -0.05) is 30.3 Å². The van der Waals surface area contributed by atoms with Crippen LogP contribution in [0.4, 0.5) is 4.79 Å². The van der Waals surface area contributed by atoms with E-state index < -0.39 is 11.5 Å². The Morgan fingerprint density at radius 3 is 2.35 bits per heavy atom. The van der Waals surface area contributed by atoms with Crippen LogP contribution in [0.2, 0.25) is 0 Å². The van der Waals surface area contributed by atoms with E-state index in [2.05, 4.69) is 0 Å². The SMILES string of the molecule is COC(=O)C(C)(C)CN(C)C(=O)OCc1ccccc1. The number of hydrogen-bond donors (Lipinski definition) is 0. The van der Waals surface area contributed by atoms with E-state index in [4.69, 9.17) is 9.47 Å². The Morgan fingerprint density at radius 1 is 1.20 bits per heavy atom. The van der Waals surface area contributed by atoms with Gasteiger partial charge in [-0.25, -0.2) is 4.79 Å².